The summed E-state index contributed by atoms with van der Waals surface area (Å²) in [6.07, 6.45) is 1.92. The molecule has 11 rings (SSSR count). The second-order valence-corrected chi connectivity index (χ2v) is 26.4. The third-order valence-electron chi connectivity index (χ3n) is 14.5. The highest BCUT2D eigenvalue weighted by atomic mass is 28.3. The number of fused-ring (bicyclic) bond motifs is 4. The molecular weight excluding hydrogens is 905 g/mol. The first kappa shape index (κ1) is 43.9. The molecule has 1 aliphatic rings. The van der Waals surface area contributed by atoms with Gasteiger partial charge in [-0.25, -0.2) is 4.98 Å². The monoisotopic (exact) mass is 972 g/mol. The Morgan fingerprint density at radius 1 is 0.479 bits per heavy atom. The average molecular weight is 972 g/mol. The second-order valence-electron chi connectivity index (χ2n) is 22.6. The Bertz CT molecular complexity index is 3800. The molecule has 10 aromatic rings. The third-order valence-corrected chi connectivity index (χ3v) is 19.3. The minimum Gasteiger partial charge on any atom is -0.457 e. The highest BCUT2D eigenvalue weighted by Crippen LogP contribution is 2.42. The smallest absolute Gasteiger partial charge is 0.457 e. The lowest BCUT2D eigenvalue weighted by molar-refractivity contribution is 0.483. The number of nitrogens with zero attached hydrogens (tertiary/aromatic N) is 4. The maximum atomic E-state index is 8.69. The Hall–Kier alpha value is -7.89. The van der Waals surface area contributed by atoms with Crippen molar-refractivity contribution >= 4 is 79.4 Å². The fourth-order valence-electron chi connectivity index (χ4n) is 10.6. The minimum absolute atomic E-state index is 0.100. The standard InChI is InChI=1S/C67H64N4OSi/c1-46-22-20-31-61-64(46)70(51-39-48(66(5,6)7)38-49(40-51)67(8,9)10)45-69(61)50-23-21-24-52(42-50)72-53-32-34-58-59-44-57(33-35-60(59)71(62(58)43-53)63-41-47(36-37-68-63)65(2,3)4)73(54-25-14-11-15-26-54,55-27-16-12-17-28-55)56-29-18-13-19-30-56/h11-44H,1-10H3/q+2/i1D3. The molecule has 0 atom stereocenters. The minimum atomic E-state index is -2.86. The first-order chi connectivity index (χ1) is 36.2. The van der Waals surface area contributed by atoms with Crippen LogP contribution in [0, 0.1) is 6.85 Å². The number of hydrogen-bond acceptors (Lipinski definition) is 2. The van der Waals surface area contributed by atoms with Crippen LogP contribution in [0.4, 0.5) is 22.7 Å². The Balaban J connectivity index is 1.08. The summed E-state index contributed by atoms with van der Waals surface area (Å²) in [5, 5.41) is 7.45. The number of para-hydroxylation sites is 1. The molecule has 1 aliphatic heterocycles. The van der Waals surface area contributed by atoms with E-state index in [-0.39, 0.29) is 21.8 Å². The topological polar surface area (TPSA) is 33.1 Å². The molecule has 6 heteroatoms. The number of aryl methyl sites for hydroxylation is 1. The second kappa shape index (κ2) is 18.0. The van der Waals surface area contributed by atoms with Gasteiger partial charge in [0.25, 0.3) is 5.69 Å². The van der Waals surface area contributed by atoms with E-state index in [1.165, 1.54) is 26.3 Å². The summed E-state index contributed by atoms with van der Waals surface area (Å²) in [5.41, 5.74) is 8.34. The Kier molecular flexibility index (Phi) is 10.8. The van der Waals surface area contributed by atoms with E-state index in [1.54, 1.807) is 6.07 Å². The molecule has 2 aromatic heterocycles. The number of rotatable bonds is 9. The van der Waals surface area contributed by atoms with Crippen LogP contribution >= 0.6 is 0 Å². The summed E-state index contributed by atoms with van der Waals surface area (Å²) >= 11 is 0. The molecule has 5 nitrogen and oxygen atoms in total. The van der Waals surface area contributed by atoms with Crippen LogP contribution in [0.3, 0.4) is 0 Å². The fraction of sp³-hybridized carbons (Fsp3) is 0.194. The van der Waals surface area contributed by atoms with Gasteiger partial charge in [0.1, 0.15) is 17.3 Å². The first-order valence-electron chi connectivity index (χ1n) is 26.9. The van der Waals surface area contributed by atoms with Crippen molar-refractivity contribution in [1.82, 2.24) is 18.7 Å². The number of pyridine rings is 1. The molecule has 0 radical (unpaired) electrons. The molecule has 0 saturated carbocycles. The highest BCUT2D eigenvalue weighted by Gasteiger charge is 2.42. The highest BCUT2D eigenvalue weighted by molar-refractivity contribution is 7.20. The zero-order valence-corrected chi connectivity index (χ0v) is 44.3. The molecule has 0 N–H and O–H groups in total. The number of ether oxygens (including phenoxy) is 1. The van der Waals surface area contributed by atoms with E-state index >= 15 is 0 Å². The van der Waals surface area contributed by atoms with Crippen LogP contribution in [-0.2, 0) is 16.2 Å². The van der Waals surface area contributed by atoms with Gasteiger partial charge in [0.05, 0.1) is 17.1 Å². The predicted octanol–water partition coefficient (Wildman–Crippen LogP) is 14.4. The molecule has 0 fully saturated rings. The predicted molar refractivity (Wildman–Crippen MR) is 310 cm³/mol. The van der Waals surface area contributed by atoms with Crippen molar-refractivity contribution < 1.29 is 8.85 Å². The van der Waals surface area contributed by atoms with Crippen molar-refractivity contribution in [2.24, 2.45) is 0 Å². The quantitative estimate of drug-likeness (QED) is 0.0820. The largest absolute Gasteiger partial charge is 0.503 e. The average Bonchev–Trinajstić information content (AvgIpc) is 3.98. The van der Waals surface area contributed by atoms with Crippen LogP contribution in [0.1, 0.15) is 88.7 Å². The molecule has 0 aliphatic carbocycles. The van der Waals surface area contributed by atoms with Gasteiger partial charge in [0.15, 0.2) is 8.07 Å². The summed E-state index contributed by atoms with van der Waals surface area (Å²) < 4.78 is 39.1. The normalized spacial score (nSPS) is 13.8. The molecule has 0 spiro atoms. The molecule has 0 saturated heterocycles. The van der Waals surface area contributed by atoms with Gasteiger partial charge in [0, 0.05) is 57.0 Å². The number of aromatic nitrogens is 2. The van der Waals surface area contributed by atoms with E-state index in [2.05, 4.69) is 231 Å². The van der Waals surface area contributed by atoms with Gasteiger partial charge in [-0.2, -0.15) is 0 Å². The van der Waals surface area contributed by atoms with Crippen LogP contribution in [0.15, 0.2) is 206 Å². The van der Waals surface area contributed by atoms with E-state index in [4.69, 9.17) is 13.8 Å². The maximum Gasteiger partial charge on any atom is 0.503 e. The van der Waals surface area contributed by atoms with Crippen LogP contribution in [0.25, 0.3) is 27.6 Å². The van der Waals surface area contributed by atoms with Crippen LogP contribution in [-0.4, -0.2) is 23.6 Å². The van der Waals surface area contributed by atoms with Crippen LogP contribution in [0.2, 0.25) is 0 Å². The van der Waals surface area contributed by atoms with Crippen molar-refractivity contribution in [3.63, 3.8) is 0 Å². The van der Waals surface area contributed by atoms with E-state index in [9.17, 15) is 0 Å². The van der Waals surface area contributed by atoms with Gasteiger partial charge < -0.3 is 4.74 Å². The van der Waals surface area contributed by atoms with E-state index < -0.39 is 14.9 Å². The maximum absolute atomic E-state index is 8.69. The molecule has 0 unspecified atom stereocenters. The summed E-state index contributed by atoms with van der Waals surface area (Å²) in [6.45, 7) is 17.6. The summed E-state index contributed by atoms with van der Waals surface area (Å²) in [5.74, 6) is 2.12. The zero-order valence-electron chi connectivity index (χ0n) is 46.3. The molecule has 3 heterocycles. The lowest BCUT2D eigenvalue weighted by Gasteiger charge is -2.34. The van der Waals surface area contributed by atoms with Crippen molar-refractivity contribution in [3.05, 3.63) is 229 Å². The van der Waals surface area contributed by atoms with Crippen molar-refractivity contribution in [2.75, 3.05) is 0 Å². The molecule has 8 aromatic carbocycles. The zero-order chi connectivity index (χ0) is 53.4. The number of hydrogen-bond donors (Lipinski definition) is 0. The lowest BCUT2D eigenvalue weighted by atomic mass is 9.80. The summed E-state index contributed by atoms with van der Waals surface area (Å²) in [4.78, 5) is 5.06. The third kappa shape index (κ3) is 8.55. The number of benzene rings is 8. The molecule has 0 bridgehead atoms. The SMILES string of the molecule is [2H]C([2H])([2H])c1cccc2c1[N+](c1cc(C(C)(C)C)cc(C(C)(C)C)c1)=C=[N+]2c1cccc(Oc2ccc3c4cc([Si](c5ccccc5)(c5ccccc5)c5ccccc5)ccc4n(-c4cc(C(C)(C)C)ccn4)c3c2)c1. The van der Waals surface area contributed by atoms with Crippen LogP contribution < -0.4 is 34.6 Å². The van der Waals surface area contributed by atoms with Gasteiger partial charge in [-0.15, -0.1) is 0 Å². The molecular formula is C67H64N4OSi+2. The Morgan fingerprint density at radius 2 is 1.08 bits per heavy atom. The van der Waals surface area contributed by atoms with Crippen LogP contribution in [0.5, 0.6) is 11.5 Å². The lowest BCUT2D eigenvalue weighted by Crippen LogP contribution is -2.74. The van der Waals surface area contributed by atoms with E-state index in [0.717, 1.165) is 55.8 Å². The van der Waals surface area contributed by atoms with Gasteiger partial charge in [-0.05, 0) is 106 Å². The summed E-state index contributed by atoms with van der Waals surface area (Å²) in [6, 6.07) is 74.6. The van der Waals surface area contributed by atoms with Gasteiger partial charge in [-0.1, -0.05) is 190 Å². The molecule has 73 heavy (non-hydrogen) atoms. The Labute approximate surface area is 436 Å². The van der Waals surface area contributed by atoms with Gasteiger partial charge in [0.2, 0.25) is 11.4 Å². The molecule has 360 valence electrons. The van der Waals surface area contributed by atoms with Crippen molar-refractivity contribution in [2.45, 2.75) is 85.4 Å². The van der Waals surface area contributed by atoms with Crippen molar-refractivity contribution in [1.29, 1.82) is 0 Å². The van der Waals surface area contributed by atoms with Crippen molar-refractivity contribution in [3.8, 4) is 17.3 Å². The van der Waals surface area contributed by atoms with E-state index in [1.807, 2.05) is 51.7 Å². The van der Waals surface area contributed by atoms with Gasteiger partial charge >= 0.3 is 11.7 Å². The fourth-order valence-corrected chi connectivity index (χ4v) is 15.4. The Morgan fingerprint density at radius 3 is 1.68 bits per heavy atom. The first-order valence-corrected chi connectivity index (χ1v) is 27.4. The summed E-state index contributed by atoms with van der Waals surface area (Å²) in [7, 11) is -2.86. The van der Waals surface area contributed by atoms with E-state index in [0.29, 0.717) is 17.2 Å². The van der Waals surface area contributed by atoms with Gasteiger partial charge in [-0.3, -0.25) is 4.57 Å². The molecule has 0 amide bonds.